The molecule has 1 aliphatic heterocycles. The minimum absolute atomic E-state index is 0.0156. The maximum Gasteiger partial charge on any atom is 0.410 e. The summed E-state index contributed by atoms with van der Waals surface area (Å²) in [5, 5.41) is 0. The van der Waals surface area contributed by atoms with Crippen molar-refractivity contribution in [3.63, 3.8) is 0 Å². The van der Waals surface area contributed by atoms with Crippen LogP contribution in [0.15, 0.2) is 61.4 Å². The largest absolute Gasteiger partial charge is 0.445 e. The Morgan fingerprint density at radius 1 is 1.00 bits per heavy atom. The summed E-state index contributed by atoms with van der Waals surface area (Å²) < 4.78 is 7.01. The minimum Gasteiger partial charge on any atom is -0.445 e. The van der Waals surface area contributed by atoms with E-state index in [4.69, 9.17) is 4.74 Å². The molecule has 6 nitrogen and oxygen atoms in total. The van der Waals surface area contributed by atoms with Crippen LogP contribution >= 0.6 is 0 Å². The predicted molar refractivity (Wildman–Crippen MR) is 94.8 cm³/mol. The van der Waals surface area contributed by atoms with E-state index in [2.05, 4.69) is 6.58 Å². The maximum atomic E-state index is 12.6. The van der Waals surface area contributed by atoms with Crippen LogP contribution in [0.5, 0.6) is 0 Å². The molecule has 2 amide bonds. The molecule has 1 fully saturated rings. The van der Waals surface area contributed by atoms with Crippen molar-refractivity contribution >= 4 is 12.0 Å². The van der Waals surface area contributed by atoms with Crippen molar-refractivity contribution < 1.29 is 14.3 Å². The lowest BCUT2D eigenvalue weighted by molar-refractivity contribution is 0.0581. The van der Waals surface area contributed by atoms with E-state index in [1.807, 2.05) is 53.4 Å². The lowest BCUT2D eigenvalue weighted by atomic mass is 10.1. The first-order valence-electron chi connectivity index (χ1n) is 8.24. The molecule has 1 aromatic heterocycles. The number of carbonyl (C=O) groups excluding carboxylic acids is 2. The lowest BCUT2D eigenvalue weighted by Gasteiger charge is -2.34. The maximum absolute atomic E-state index is 12.6. The van der Waals surface area contributed by atoms with Gasteiger partial charge < -0.3 is 19.1 Å². The molecule has 0 radical (unpaired) electrons. The Labute approximate surface area is 146 Å². The molecule has 1 aromatic carbocycles. The van der Waals surface area contributed by atoms with Gasteiger partial charge in [-0.1, -0.05) is 12.7 Å². The second kappa shape index (κ2) is 7.70. The first-order chi connectivity index (χ1) is 12.2. The number of amides is 2. The lowest BCUT2D eigenvalue weighted by Crippen LogP contribution is -2.50. The zero-order valence-electron chi connectivity index (χ0n) is 14.0. The number of aromatic nitrogens is 1. The summed E-state index contributed by atoms with van der Waals surface area (Å²) in [6, 6.07) is 11.4. The van der Waals surface area contributed by atoms with Crippen molar-refractivity contribution in [2.24, 2.45) is 0 Å². The number of benzene rings is 1. The quantitative estimate of drug-likeness (QED) is 0.805. The summed E-state index contributed by atoms with van der Waals surface area (Å²) in [4.78, 5) is 27.8. The van der Waals surface area contributed by atoms with Gasteiger partial charge >= 0.3 is 6.09 Å². The van der Waals surface area contributed by atoms with Gasteiger partial charge in [0.1, 0.15) is 6.61 Å². The average molecular weight is 339 g/mol. The Kier molecular flexibility index (Phi) is 5.18. The third kappa shape index (κ3) is 3.91. The molecule has 1 aliphatic rings. The Balaban J connectivity index is 1.57. The molecule has 6 heteroatoms. The second-order valence-electron chi connectivity index (χ2n) is 5.78. The van der Waals surface area contributed by atoms with Crippen LogP contribution in [0, 0.1) is 0 Å². The molecule has 2 heterocycles. The molecule has 0 aliphatic carbocycles. The highest BCUT2D eigenvalue weighted by atomic mass is 16.6. The van der Waals surface area contributed by atoms with Crippen molar-refractivity contribution in [3.8, 4) is 5.69 Å². The minimum atomic E-state index is -0.358. The number of hydrogen-bond donors (Lipinski definition) is 0. The highest BCUT2D eigenvalue weighted by Gasteiger charge is 2.25. The molecule has 0 N–H and O–H groups in total. The Morgan fingerprint density at radius 2 is 1.60 bits per heavy atom. The summed E-state index contributed by atoms with van der Waals surface area (Å²) in [6.07, 6.45) is 5.10. The Morgan fingerprint density at radius 3 is 2.20 bits per heavy atom. The second-order valence-corrected chi connectivity index (χ2v) is 5.78. The number of rotatable bonds is 4. The molecule has 0 spiro atoms. The third-order valence-electron chi connectivity index (χ3n) is 4.17. The fourth-order valence-corrected chi connectivity index (χ4v) is 2.78. The molecule has 3 rings (SSSR count). The smallest absolute Gasteiger partial charge is 0.410 e. The van der Waals surface area contributed by atoms with E-state index in [1.54, 1.807) is 9.80 Å². The van der Waals surface area contributed by atoms with E-state index in [9.17, 15) is 9.59 Å². The summed E-state index contributed by atoms with van der Waals surface area (Å²) >= 11 is 0. The summed E-state index contributed by atoms with van der Waals surface area (Å²) in [5.41, 5.74) is 1.66. The number of carbonyl (C=O) groups is 2. The van der Waals surface area contributed by atoms with E-state index in [0.717, 1.165) is 5.69 Å². The van der Waals surface area contributed by atoms with Crippen molar-refractivity contribution in [1.82, 2.24) is 14.4 Å². The van der Waals surface area contributed by atoms with Crippen LogP contribution < -0.4 is 0 Å². The van der Waals surface area contributed by atoms with Crippen molar-refractivity contribution in [1.29, 1.82) is 0 Å². The average Bonchev–Trinajstić information content (AvgIpc) is 3.20. The van der Waals surface area contributed by atoms with Gasteiger partial charge in [-0.2, -0.15) is 0 Å². The van der Waals surface area contributed by atoms with Crippen molar-refractivity contribution in [3.05, 3.63) is 67.0 Å². The monoisotopic (exact) mass is 339 g/mol. The van der Waals surface area contributed by atoms with E-state index < -0.39 is 0 Å². The van der Waals surface area contributed by atoms with Crippen LogP contribution in [-0.4, -0.2) is 59.2 Å². The molecule has 2 aromatic rings. The summed E-state index contributed by atoms with van der Waals surface area (Å²) in [6.45, 7) is 5.67. The van der Waals surface area contributed by atoms with Gasteiger partial charge in [0.05, 0.1) is 0 Å². The first kappa shape index (κ1) is 16.8. The number of hydrogen-bond acceptors (Lipinski definition) is 3. The number of nitrogens with zero attached hydrogens (tertiary/aromatic N) is 3. The molecular formula is C19H21N3O3. The highest BCUT2D eigenvalue weighted by molar-refractivity contribution is 5.94. The van der Waals surface area contributed by atoms with E-state index in [-0.39, 0.29) is 18.6 Å². The van der Waals surface area contributed by atoms with Crippen LogP contribution in [0.3, 0.4) is 0 Å². The zero-order chi connectivity index (χ0) is 17.6. The van der Waals surface area contributed by atoms with Gasteiger partial charge in [0.25, 0.3) is 5.91 Å². The summed E-state index contributed by atoms with van der Waals surface area (Å²) in [7, 11) is 0. The normalized spacial score (nSPS) is 14.2. The van der Waals surface area contributed by atoms with Crippen LogP contribution in [0.1, 0.15) is 10.4 Å². The van der Waals surface area contributed by atoms with Crippen LogP contribution in [0.2, 0.25) is 0 Å². The van der Waals surface area contributed by atoms with Gasteiger partial charge in [0.2, 0.25) is 0 Å². The first-order valence-corrected chi connectivity index (χ1v) is 8.24. The highest BCUT2D eigenvalue weighted by Crippen LogP contribution is 2.13. The fraction of sp³-hybridized carbons (Fsp3) is 0.263. The Hall–Kier alpha value is -3.02. The number of piperazine rings is 1. The molecule has 0 saturated carbocycles. The summed E-state index contributed by atoms with van der Waals surface area (Å²) in [5.74, 6) is -0.0156. The van der Waals surface area contributed by atoms with E-state index in [0.29, 0.717) is 31.7 Å². The van der Waals surface area contributed by atoms with Crippen LogP contribution in [0.25, 0.3) is 5.69 Å². The molecular weight excluding hydrogens is 318 g/mol. The van der Waals surface area contributed by atoms with Crippen LogP contribution in [0.4, 0.5) is 4.79 Å². The molecule has 1 saturated heterocycles. The van der Waals surface area contributed by atoms with Gasteiger partial charge in [-0.05, 0) is 36.4 Å². The van der Waals surface area contributed by atoms with E-state index >= 15 is 0 Å². The standard InChI is InChI=1S/C19H21N3O3/c1-2-15-25-19(24)22-13-11-21(12-14-22)18(23)16-5-7-17(8-6-16)20-9-3-4-10-20/h2-10H,1,11-15H2. The SMILES string of the molecule is C=CCOC(=O)N1CCN(C(=O)c2ccc(-n3cccc3)cc2)CC1. The molecule has 0 bridgehead atoms. The molecule has 0 unspecified atom stereocenters. The van der Waals surface area contributed by atoms with Gasteiger partial charge in [0, 0.05) is 49.8 Å². The van der Waals surface area contributed by atoms with Gasteiger partial charge in [-0.3, -0.25) is 4.79 Å². The predicted octanol–water partition coefficient (Wildman–Crippen LogP) is 2.56. The number of ether oxygens (including phenoxy) is 1. The zero-order valence-corrected chi connectivity index (χ0v) is 14.0. The van der Waals surface area contributed by atoms with Crippen LogP contribution in [-0.2, 0) is 4.74 Å². The third-order valence-corrected chi connectivity index (χ3v) is 4.17. The molecule has 130 valence electrons. The van der Waals surface area contributed by atoms with Crippen molar-refractivity contribution in [2.45, 2.75) is 0 Å². The van der Waals surface area contributed by atoms with Crippen molar-refractivity contribution in [2.75, 3.05) is 32.8 Å². The molecule has 0 atom stereocenters. The van der Waals surface area contributed by atoms with Gasteiger partial charge in [-0.25, -0.2) is 4.79 Å². The van der Waals surface area contributed by atoms with E-state index in [1.165, 1.54) is 6.08 Å². The fourth-order valence-electron chi connectivity index (χ4n) is 2.78. The Bertz CT molecular complexity index is 730. The van der Waals surface area contributed by atoms with Gasteiger partial charge in [0.15, 0.2) is 0 Å². The molecule has 25 heavy (non-hydrogen) atoms. The topological polar surface area (TPSA) is 54.8 Å². The van der Waals surface area contributed by atoms with Gasteiger partial charge in [-0.15, -0.1) is 0 Å².